The van der Waals surface area contributed by atoms with Crippen LogP contribution in [-0.2, 0) is 9.59 Å². The molecule has 0 aromatic heterocycles. The van der Waals surface area contributed by atoms with Gasteiger partial charge in [-0.15, -0.1) is 0 Å². The summed E-state index contributed by atoms with van der Waals surface area (Å²) in [6, 6.07) is 9.54. The summed E-state index contributed by atoms with van der Waals surface area (Å²) in [5, 5.41) is 9.19. The van der Waals surface area contributed by atoms with Crippen molar-refractivity contribution >= 4 is 11.7 Å². The molecular formula is C15H19NO3. The van der Waals surface area contributed by atoms with E-state index in [2.05, 4.69) is 0 Å². The number of hydrogen-bond acceptors (Lipinski definition) is 3. The summed E-state index contributed by atoms with van der Waals surface area (Å²) in [6.45, 7) is 0.0285. The lowest BCUT2D eigenvalue weighted by atomic mass is 9.82. The molecule has 0 spiro atoms. The van der Waals surface area contributed by atoms with E-state index in [0.717, 1.165) is 5.56 Å². The van der Waals surface area contributed by atoms with Crippen molar-refractivity contribution in [3.8, 4) is 0 Å². The fourth-order valence-electron chi connectivity index (χ4n) is 2.49. The van der Waals surface area contributed by atoms with E-state index in [1.165, 1.54) is 0 Å². The maximum atomic E-state index is 12.3. The minimum Gasteiger partial charge on any atom is -0.396 e. The molecule has 0 saturated heterocycles. The van der Waals surface area contributed by atoms with Gasteiger partial charge >= 0.3 is 0 Å². The van der Waals surface area contributed by atoms with Crippen molar-refractivity contribution in [1.82, 2.24) is 4.90 Å². The lowest BCUT2D eigenvalue weighted by molar-refractivity contribution is -0.145. The minimum absolute atomic E-state index is 0.00176. The first-order valence-corrected chi connectivity index (χ1v) is 6.57. The summed E-state index contributed by atoms with van der Waals surface area (Å²) in [7, 11) is 1.75. The van der Waals surface area contributed by atoms with Crippen LogP contribution in [0.25, 0.3) is 0 Å². The van der Waals surface area contributed by atoms with Gasteiger partial charge in [-0.25, -0.2) is 0 Å². The maximum Gasteiger partial charge on any atom is 0.226 e. The number of Topliss-reactive ketones (excluding diaryl/α,β-unsaturated/α-hetero) is 1. The van der Waals surface area contributed by atoms with Crippen LogP contribution in [0.3, 0.4) is 0 Å². The number of benzene rings is 1. The van der Waals surface area contributed by atoms with E-state index >= 15 is 0 Å². The third-order valence-electron chi connectivity index (χ3n) is 3.70. The summed E-state index contributed by atoms with van der Waals surface area (Å²) in [5.74, 6) is -0.00511. The van der Waals surface area contributed by atoms with E-state index in [1.54, 1.807) is 11.9 Å². The van der Waals surface area contributed by atoms with Crippen LogP contribution in [0.2, 0.25) is 0 Å². The van der Waals surface area contributed by atoms with Crippen molar-refractivity contribution in [2.45, 2.75) is 25.3 Å². The molecule has 2 rings (SSSR count). The van der Waals surface area contributed by atoms with E-state index in [4.69, 9.17) is 0 Å². The second-order valence-corrected chi connectivity index (χ2v) is 5.03. The van der Waals surface area contributed by atoms with Crippen LogP contribution in [0.15, 0.2) is 30.3 Å². The first-order valence-electron chi connectivity index (χ1n) is 6.57. The normalized spacial score (nSPS) is 16.8. The largest absolute Gasteiger partial charge is 0.396 e. The first-order chi connectivity index (χ1) is 9.13. The average Bonchev–Trinajstić information content (AvgIpc) is 2.41. The van der Waals surface area contributed by atoms with Crippen molar-refractivity contribution in [2.75, 3.05) is 13.7 Å². The van der Waals surface area contributed by atoms with Gasteiger partial charge in [-0.05, 0) is 12.0 Å². The number of ketones is 1. The smallest absolute Gasteiger partial charge is 0.226 e. The Morgan fingerprint density at radius 2 is 2.00 bits per heavy atom. The second kappa shape index (κ2) is 5.97. The molecule has 1 aliphatic rings. The number of nitrogens with zero attached hydrogens (tertiary/aromatic N) is 1. The first kappa shape index (κ1) is 13.7. The van der Waals surface area contributed by atoms with E-state index in [-0.39, 0.29) is 30.3 Å². The van der Waals surface area contributed by atoms with E-state index < -0.39 is 0 Å². The SMILES string of the molecule is CN(C(=O)C1CC(=O)C1)C(CCO)c1ccccc1. The van der Waals surface area contributed by atoms with Crippen molar-refractivity contribution in [1.29, 1.82) is 0 Å². The number of carbonyl (C=O) groups excluding carboxylic acids is 2. The third kappa shape index (κ3) is 3.01. The quantitative estimate of drug-likeness (QED) is 0.875. The molecule has 4 nitrogen and oxygen atoms in total. The van der Waals surface area contributed by atoms with Crippen LogP contribution < -0.4 is 0 Å². The highest BCUT2D eigenvalue weighted by Crippen LogP contribution is 2.30. The third-order valence-corrected chi connectivity index (χ3v) is 3.70. The van der Waals surface area contributed by atoms with E-state index in [9.17, 15) is 14.7 Å². The second-order valence-electron chi connectivity index (χ2n) is 5.03. The summed E-state index contributed by atoms with van der Waals surface area (Å²) in [6.07, 6.45) is 1.24. The average molecular weight is 261 g/mol. The Bertz CT molecular complexity index is 450. The van der Waals surface area contributed by atoms with Crippen molar-refractivity contribution in [2.24, 2.45) is 5.92 Å². The molecule has 0 radical (unpaired) electrons. The number of amides is 1. The zero-order chi connectivity index (χ0) is 13.8. The Kier molecular flexibility index (Phi) is 4.32. The van der Waals surface area contributed by atoms with E-state index in [0.29, 0.717) is 19.3 Å². The van der Waals surface area contributed by atoms with Gasteiger partial charge in [-0.1, -0.05) is 30.3 Å². The number of carbonyl (C=O) groups is 2. The van der Waals surface area contributed by atoms with Crippen LogP contribution in [0.4, 0.5) is 0 Å². The summed E-state index contributed by atoms with van der Waals surface area (Å²) < 4.78 is 0. The Hall–Kier alpha value is -1.68. The van der Waals surface area contributed by atoms with Gasteiger partial charge in [0.1, 0.15) is 5.78 Å². The molecule has 0 bridgehead atoms. The van der Waals surface area contributed by atoms with Gasteiger partial charge in [0.05, 0.1) is 12.0 Å². The molecule has 1 aliphatic carbocycles. The monoisotopic (exact) mass is 261 g/mol. The highest BCUT2D eigenvalue weighted by molar-refractivity contribution is 5.96. The molecule has 0 heterocycles. The van der Waals surface area contributed by atoms with Crippen LogP contribution in [0.5, 0.6) is 0 Å². The van der Waals surface area contributed by atoms with Crippen LogP contribution in [0.1, 0.15) is 30.9 Å². The summed E-state index contributed by atoms with van der Waals surface area (Å²) in [4.78, 5) is 24.9. The fraction of sp³-hybridized carbons (Fsp3) is 0.467. The molecule has 4 heteroatoms. The van der Waals surface area contributed by atoms with E-state index in [1.807, 2.05) is 30.3 Å². The van der Waals surface area contributed by atoms with Gasteiger partial charge < -0.3 is 10.0 Å². The molecule has 1 amide bonds. The van der Waals surface area contributed by atoms with Crippen LogP contribution >= 0.6 is 0 Å². The Morgan fingerprint density at radius 3 is 2.53 bits per heavy atom. The molecule has 1 aromatic rings. The summed E-state index contributed by atoms with van der Waals surface area (Å²) >= 11 is 0. The maximum absolute atomic E-state index is 12.3. The van der Waals surface area contributed by atoms with Crippen molar-refractivity contribution < 1.29 is 14.7 Å². The zero-order valence-corrected chi connectivity index (χ0v) is 11.1. The Balaban J connectivity index is 2.10. The zero-order valence-electron chi connectivity index (χ0n) is 11.1. The molecule has 1 N–H and O–H groups in total. The minimum atomic E-state index is -0.164. The highest BCUT2D eigenvalue weighted by Gasteiger charge is 2.36. The predicted octanol–water partition coefficient (Wildman–Crippen LogP) is 1.55. The molecule has 102 valence electrons. The fourth-order valence-corrected chi connectivity index (χ4v) is 2.49. The summed E-state index contributed by atoms with van der Waals surface area (Å²) in [5.41, 5.74) is 1.01. The predicted molar refractivity (Wildman–Crippen MR) is 71.4 cm³/mol. The van der Waals surface area contributed by atoms with Crippen LogP contribution in [0, 0.1) is 5.92 Å². The van der Waals surface area contributed by atoms with Crippen molar-refractivity contribution in [3.05, 3.63) is 35.9 Å². The lowest BCUT2D eigenvalue weighted by Crippen LogP contribution is -2.42. The number of aliphatic hydroxyl groups excluding tert-OH is 1. The molecule has 1 aromatic carbocycles. The molecule has 19 heavy (non-hydrogen) atoms. The Labute approximate surface area is 113 Å². The molecule has 1 unspecified atom stereocenters. The molecule has 1 saturated carbocycles. The van der Waals surface area contributed by atoms with Gasteiger partial charge in [0, 0.05) is 26.5 Å². The van der Waals surface area contributed by atoms with Gasteiger partial charge in [-0.3, -0.25) is 9.59 Å². The highest BCUT2D eigenvalue weighted by atomic mass is 16.3. The topological polar surface area (TPSA) is 57.6 Å². The molecule has 1 atom stereocenters. The lowest BCUT2D eigenvalue weighted by Gasteiger charge is -2.34. The van der Waals surface area contributed by atoms with Crippen molar-refractivity contribution in [3.63, 3.8) is 0 Å². The standard InChI is InChI=1S/C15H19NO3/c1-16(15(19)12-9-13(18)10-12)14(7-8-17)11-5-3-2-4-6-11/h2-6,12,14,17H,7-10H2,1H3. The number of rotatable bonds is 5. The van der Waals surface area contributed by atoms with Gasteiger partial charge in [0.15, 0.2) is 0 Å². The van der Waals surface area contributed by atoms with Gasteiger partial charge in [0.25, 0.3) is 0 Å². The number of hydrogen-bond donors (Lipinski definition) is 1. The van der Waals surface area contributed by atoms with Gasteiger partial charge in [-0.2, -0.15) is 0 Å². The Morgan fingerprint density at radius 1 is 1.37 bits per heavy atom. The molecule has 0 aliphatic heterocycles. The number of aliphatic hydroxyl groups is 1. The molecular weight excluding hydrogens is 242 g/mol. The van der Waals surface area contributed by atoms with Crippen LogP contribution in [-0.4, -0.2) is 35.4 Å². The van der Waals surface area contributed by atoms with Gasteiger partial charge in [0.2, 0.25) is 5.91 Å². The molecule has 1 fully saturated rings.